The molecular weight excluding hydrogens is 374 g/mol. The molecule has 0 aliphatic heterocycles. The third-order valence-corrected chi connectivity index (χ3v) is 3.75. The van der Waals surface area contributed by atoms with E-state index in [9.17, 15) is 17.6 Å². The molecule has 1 nitrogen and oxygen atoms in total. The van der Waals surface area contributed by atoms with E-state index in [1.54, 1.807) is 18.2 Å². The van der Waals surface area contributed by atoms with E-state index in [1.165, 1.54) is 0 Å². The first-order valence-electron chi connectivity index (χ1n) is 5.82. The molecule has 7 heteroatoms. The maximum absolute atomic E-state index is 13.6. The number of hydrogen-bond donors (Lipinski definition) is 1. The first kappa shape index (κ1) is 16.1. The summed E-state index contributed by atoms with van der Waals surface area (Å²) in [5.41, 5.74) is -0.357. The first-order chi connectivity index (χ1) is 9.77. The molecule has 0 amide bonds. The molecule has 0 unspecified atom stereocenters. The summed E-state index contributed by atoms with van der Waals surface area (Å²) in [4.78, 5) is 0. The van der Waals surface area contributed by atoms with Crippen LogP contribution in [0.5, 0.6) is 0 Å². The fourth-order valence-electron chi connectivity index (χ4n) is 1.69. The van der Waals surface area contributed by atoms with Crippen molar-refractivity contribution < 1.29 is 17.6 Å². The topological polar surface area (TPSA) is 12.0 Å². The number of alkyl halides is 3. The average molecular weight is 383 g/mol. The molecule has 0 saturated carbocycles. The number of benzene rings is 2. The summed E-state index contributed by atoms with van der Waals surface area (Å²) in [6.07, 6.45) is -4.51. The van der Waals surface area contributed by atoms with Gasteiger partial charge in [0.25, 0.3) is 0 Å². The minimum atomic E-state index is -4.51. The molecule has 0 atom stereocenters. The zero-order valence-corrected chi connectivity index (χ0v) is 12.8. The zero-order chi connectivity index (χ0) is 15.6. The Morgan fingerprint density at radius 3 is 2.43 bits per heavy atom. The van der Waals surface area contributed by atoms with Gasteiger partial charge < -0.3 is 5.32 Å². The number of anilines is 1. The standard InChI is InChI=1S/C14H9BrClF4N/c15-11-6-10(16)3-1-8(11)7-21-13-5-9(14(18,19)20)2-4-12(13)17/h1-6,21H,7H2. The predicted molar refractivity (Wildman–Crippen MR) is 77.9 cm³/mol. The van der Waals surface area contributed by atoms with E-state index in [2.05, 4.69) is 21.2 Å². The first-order valence-corrected chi connectivity index (χ1v) is 6.99. The molecule has 2 rings (SSSR count). The van der Waals surface area contributed by atoms with Gasteiger partial charge >= 0.3 is 6.18 Å². The third kappa shape index (κ3) is 4.11. The molecule has 1 N–H and O–H groups in total. The van der Waals surface area contributed by atoms with Gasteiger partial charge in [0.1, 0.15) is 5.82 Å². The van der Waals surface area contributed by atoms with Crippen molar-refractivity contribution in [3.8, 4) is 0 Å². The van der Waals surface area contributed by atoms with Gasteiger partial charge in [-0.05, 0) is 35.9 Å². The van der Waals surface area contributed by atoms with Crippen LogP contribution >= 0.6 is 27.5 Å². The van der Waals surface area contributed by atoms with E-state index >= 15 is 0 Å². The molecule has 0 aliphatic rings. The van der Waals surface area contributed by atoms with Gasteiger partial charge in [-0.25, -0.2) is 4.39 Å². The second-order valence-corrected chi connectivity index (χ2v) is 5.57. The highest BCUT2D eigenvalue weighted by atomic mass is 79.9. The average Bonchev–Trinajstić information content (AvgIpc) is 2.38. The Bertz CT molecular complexity index is 658. The lowest BCUT2D eigenvalue weighted by atomic mass is 10.1. The van der Waals surface area contributed by atoms with E-state index in [-0.39, 0.29) is 12.2 Å². The van der Waals surface area contributed by atoms with Crippen LogP contribution in [0.3, 0.4) is 0 Å². The van der Waals surface area contributed by atoms with Crippen molar-refractivity contribution in [3.63, 3.8) is 0 Å². The van der Waals surface area contributed by atoms with E-state index in [1.807, 2.05) is 0 Å². The normalized spacial score (nSPS) is 11.5. The smallest absolute Gasteiger partial charge is 0.379 e. The van der Waals surface area contributed by atoms with Crippen LogP contribution in [0.4, 0.5) is 23.2 Å². The van der Waals surface area contributed by atoms with Crippen molar-refractivity contribution in [2.75, 3.05) is 5.32 Å². The van der Waals surface area contributed by atoms with E-state index in [4.69, 9.17) is 11.6 Å². The van der Waals surface area contributed by atoms with Gasteiger partial charge in [-0.1, -0.05) is 33.6 Å². The zero-order valence-electron chi connectivity index (χ0n) is 10.4. The Hall–Kier alpha value is -1.27. The Morgan fingerprint density at radius 2 is 1.81 bits per heavy atom. The van der Waals surface area contributed by atoms with Crippen molar-refractivity contribution in [3.05, 3.63) is 62.8 Å². The van der Waals surface area contributed by atoms with Crippen LogP contribution in [0, 0.1) is 5.82 Å². The van der Waals surface area contributed by atoms with Crippen molar-refractivity contribution in [1.82, 2.24) is 0 Å². The van der Waals surface area contributed by atoms with E-state index in [0.717, 1.165) is 17.7 Å². The largest absolute Gasteiger partial charge is 0.416 e. The van der Waals surface area contributed by atoms with Gasteiger partial charge in [0, 0.05) is 16.0 Å². The van der Waals surface area contributed by atoms with Gasteiger partial charge in [-0.2, -0.15) is 13.2 Å². The summed E-state index contributed by atoms with van der Waals surface area (Å²) in [6, 6.07) is 7.25. The van der Waals surface area contributed by atoms with Crippen LogP contribution in [0.25, 0.3) is 0 Å². The molecule has 112 valence electrons. The molecule has 2 aromatic rings. The second-order valence-electron chi connectivity index (χ2n) is 4.28. The molecule has 0 aliphatic carbocycles. The number of halogens is 6. The Labute approximate surface area is 132 Å². The van der Waals surface area contributed by atoms with Crippen molar-refractivity contribution in [2.45, 2.75) is 12.7 Å². The number of rotatable bonds is 3. The van der Waals surface area contributed by atoms with Gasteiger partial charge in [0.15, 0.2) is 0 Å². The van der Waals surface area contributed by atoms with Gasteiger partial charge in [-0.3, -0.25) is 0 Å². The minimum absolute atomic E-state index is 0.163. The van der Waals surface area contributed by atoms with E-state index in [0.29, 0.717) is 15.6 Å². The highest BCUT2D eigenvalue weighted by Crippen LogP contribution is 2.32. The summed E-state index contributed by atoms with van der Waals surface area (Å²) in [5.74, 6) is -0.743. The molecule has 0 bridgehead atoms. The fourth-order valence-corrected chi connectivity index (χ4v) is 2.52. The van der Waals surface area contributed by atoms with Crippen LogP contribution in [-0.2, 0) is 12.7 Å². The van der Waals surface area contributed by atoms with Gasteiger partial charge in [0.2, 0.25) is 0 Å². The quantitative estimate of drug-likeness (QED) is 0.654. The Balaban J connectivity index is 2.19. The molecule has 21 heavy (non-hydrogen) atoms. The van der Waals surface area contributed by atoms with Crippen LogP contribution in [0.15, 0.2) is 40.9 Å². The predicted octanol–water partition coefficient (Wildman–Crippen LogP) is 5.87. The summed E-state index contributed by atoms with van der Waals surface area (Å²) in [6.45, 7) is 0.163. The summed E-state index contributed by atoms with van der Waals surface area (Å²) in [5, 5.41) is 3.18. The SMILES string of the molecule is Fc1ccc(C(F)(F)F)cc1NCc1ccc(Cl)cc1Br. The maximum Gasteiger partial charge on any atom is 0.416 e. The van der Waals surface area contributed by atoms with E-state index < -0.39 is 17.6 Å². The molecular formula is C14H9BrClF4N. The third-order valence-electron chi connectivity index (χ3n) is 2.78. The fraction of sp³-hybridized carbons (Fsp3) is 0.143. The van der Waals surface area contributed by atoms with Gasteiger partial charge in [-0.15, -0.1) is 0 Å². The van der Waals surface area contributed by atoms with Crippen LogP contribution in [0.1, 0.15) is 11.1 Å². The van der Waals surface area contributed by atoms with Crippen LogP contribution in [-0.4, -0.2) is 0 Å². The molecule has 0 spiro atoms. The molecule has 0 saturated heterocycles. The number of hydrogen-bond acceptors (Lipinski definition) is 1. The van der Waals surface area contributed by atoms with Crippen LogP contribution in [0.2, 0.25) is 5.02 Å². The highest BCUT2D eigenvalue weighted by molar-refractivity contribution is 9.10. The second kappa shape index (κ2) is 6.23. The molecule has 0 heterocycles. The van der Waals surface area contributed by atoms with Crippen molar-refractivity contribution in [1.29, 1.82) is 0 Å². The monoisotopic (exact) mass is 381 g/mol. The maximum atomic E-state index is 13.6. The molecule has 0 radical (unpaired) electrons. The Kier molecular flexibility index (Phi) is 4.78. The van der Waals surface area contributed by atoms with Crippen molar-refractivity contribution in [2.24, 2.45) is 0 Å². The lowest BCUT2D eigenvalue weighted by Gasteiger charge is -2.12. The molecule has 0 fully saturated rings. The lowest BCUT2D eigenvalue weighted by molar-refractivity contribution is -0.137. The Morgan fingerprint density at radius 1 is 1.10 bits per heavy atom. The molecule has 0 aromatic heterocycles. The van der Waals surface area contributed by atoms with Gasteiger partial charge in [0.05, 0.1) is 11.3 Å². The van der Waals surface area contributed by atoms with Crippen LogP contribution < -0.4 is 5.32 Å². The highest BCUT2D eigenvalue weighted by Gasteiger charge is 2.31. The molecule has 2 aromatic carbocycles. The minimum Gasteiger partial charge on any atom is -0.379 e. The summed E-state index contributed by atoms with van der Waals surface area (Å²) >= 11 is 9.08. The summed E-state index contributed by atoms with van der Waals surface area (Å²) < 4.78 is 52.0. The van der Waals surface area contributed by atoms with Crippen molar-refractivity contribution >= 4 is 33.2 Å². The summed E-state index contributed by atoms with van der Waals surface area (Å²) in [7, 11) is 0. The lowest BCUT2D eigenvalue weighted by Crippen LogP contribution is -2.08. The number of nitrogens with one attached hydrogen (secondary N) is 1.